The number of ether oxygens (including phenoxy) is 1. The Morgan fingerprint density at radius 3 is 2.67 bits per heavy atom. The van der Waals surface area contributed by atoms with E-state index in [1.807, 2.05) is 6.92 Å². The van der Waals surface area contributed by atoms with Gasteiger partial charge < -0.3 is 4.74 Å². The summed E-state index contributed by atoms with van der Waals surface area (Å²) in [5.74, 6) is 0. The zero-order valence-corrected chi connectivity index (χ0v) is 12.6. The smallest absolute Gasteiger partial charge is 0.243 e. The number of morpholine rings is 1. The molecule has 1 aromatic rings. The van der Waals surface area contributed by atoms with Crippen LogP contribution in [0.15, 0.2) is 33.6 Å². The number of halogens is 1. The highest BCUT2D eigenvalue weighted by atomic mass is 79.9. The molecular weight excluding hydrogens is 318 g/mol. The van der Waals surface area contributed by atoms with Crippen LogP contribution in [0, 0.1) is 0 Å². The van der Waals surface area contributed by atoms with E-state index in [9.17, 15) is 8.42 Å². The third kappa shape index (κ3) is 2.93. The van der Waals surface area contributed by atoms with Crippen LogP contribution in [-0.4, -0.2) is 38.5 Å². The van der Waals surface area contributed by atoms with Crippen molar-refractivity contribution in [1.82, 2.24) is 4.31 Å². The summed E-state index contributed by atoms with van der Waals surface area (Å²) in [6.07, 6.45) is 0.829. The van der Waals surface area contributed by atoms with Gasteiger partial charge in [-0.05, 0) is 30.7 Å². The van der Waals surface area contributed by atoms with Crippen LogP contribution >= 0.6 is 15.9 Å². The minimum atomic E-state index is -3.39. The summed E-state index contributed by atoms with van der Waals surface area (Å²) in [5.41, 5.74) is 0. The van der Waals surface area contributed by atoms with E-state index in [2.05, 4.69) is 15.9 Å². The van der Waals surface area contributed by atoms with E-state index in [-0.39, 0.29) is 6.10 Å². The van der Waals surface area contributed by atoms with Crippen molar-refractivity contribution in [1.29, 1.82) is 0 Å². The second kappa shape index (κ2) is 5.69. The molecule has 1 atom stereocenters. The first-order valence-electron chi connectivity index (χ1n) is 5.91. The molecule has 0 N–H and O–H groups in total. The summed E-state index contributed by atoms with van der Waals surface area (Å²) >= 11 is 3.30. The summed E-state index contributed by atoms with van der Waals surface area (Å²) in [7, 11) is -3.39. The van der Waals surface area contributed by atoms with Crippen LogP contribution in [0.4, 0.5) is 0 Å². The molecular formula is C12H16BrNO3S. The molecule has 0 amide bonds. The number of hydrogen-bond donors (Lipinski definition) is 0. The molecule has 1 fully saturated rings. The predicted octanol–water partition coefficient (Wildman–Crippen LogP) is 2.25. The van der Waals surface area contributed by atoms with Gasteiger partial charge in [0.2, 0.25) is 10.0 Å². The molecule has 1 heterocycles. The van der Waals surface area contributed by atoms with E-state index in [0.29, 0.717) is 24.6 Å². The number of benzene rings is 1. The monoisotopic (exact) mass is 333 g/mol. The highest BCUT2D eigenvalue weighted by Crippen LogP contribution is 2.21. The van der Waals surface area contributed by atoms with Crippen LogP contribution in [0.2, 0.25) is 0 Å². The third-order valence-corrected chi connectivity index (χ3v) is 5.42. The van der Waals surface area contributed by atoms with Crippen LogP contribution in [0.25, 0.3) is 0 Å². The topological polar surface area (TPSA) is 46.6 Å². The van der Waals surface area contributed by atoms with Crippen LogP contribution < -0.4 is 0 Å². The van der Waals surface area contributed by atoms with Crippen molar-refractivity contribution in [2.24, 2.45) is 0 Å². The van der Waals surface area contributed by atoms with E-state index in [1.165, 1.54) is 4.31 Å². The summed E-state index contributed by atoms with van der Waals surface area (Å²) in [5, 5.41) is 0. The molecule has 2 rings (SSSR count). The summed E-state index contributed by atoms with van der Waals surface area (Å²) < 4.78 is 32.7. The van der Waals surface area contributed by atoms with Gasteiger partial charge in [-0.25, -0.2) is 8.42 Å². The van der Waals surface area contributed by atoms with E-state index in [0.717, 1.165) is 10.9 Å². The fraction of sp³-hybridized carbons (Fsp3) is 0.500. The van der Waals surface area contributed by atoms with Crippen LogP contribution in [-0.2, 0) is 14.8 Å². The molecule has 18 heavy (non-hydrogen) atoms. The van der Waals surface area contributed by atoms with Gasteiger partial charge in [0.1, 0.15) is 0 Å². The number of rotatable bonds is 3. The Hall–Kier alpha value is -0.430. The van der Waals surface area contributed by atoms with Gasteiger partial charge in [0.25, 0.3) is 0 Å². The van der Waals surface area contributed by atoms with Gasteiger partial charge in [-0.1, -0.05) is 22.9 Å². The first kappa shape index (κ1) is 14.0. The zero-order valence-electron chi connectivity index (χ0n) is 10.2. The number of nitrogens with zero attached hydrogens (tertiary/aromatic N) is 1. The molecule has 1 aromatic carbocycles. The minimum absolute atomic E-state index is 0.00368. The quantitative estimate of drug-likeness (QED) is 0.852. The summed E-state index contributed by atoms with van der Waals surface area (Å²) in [4.78, 5) is 0.336. The molecule has 0 unspecified atom stereocenters. The Bertz CT molecular complexity index is 501. The highest BCUT2D eigenvalue weighted by Gasteiger charge is 2.29. The third-order valence-electron chi connectivity index (χ3n) is 3.01. The molecule has 0 aliphatic carbocycles. The second-order valence-corrected chi connectivity index (χ2v) is 7.07. The largest absolute Gasteiger partial charge is 0.375 e. The fourth-order valence-corrected chi connectivity index (χ4v) is 3.63. The maximum absolute atomic E-state index is 12.4. The van der Waals surface area contributed by atoms with Crippen molar-refractivity contribution in [3.63, 3.8) is 0 Å². The Labute approximate surface area is 116 Å². The van der Waals surface area contributed by atoms with Gasteiger partial charge in [0.15, 0.2) is 0 Å². The first-order chi connectivity index (χ1) is 8.54. The van der Waals surface area contributed by atoms with Crippen molar-refractivity contribution in [2.75, 3.05) is 19.7 Å². The average molecular weight is 334 g/mol. The second-order valence-electron chi connectivity index (χ2n) is 4.22. The Balaban J connectivity index is 2.22. The molecule has 0 bridgehead atoms. The molecule has 0 radical (unpaired) electrons. The van der Waals surface area contributed by atoms with E-state index in [4.69, 9.17) is 4.74 Å². The average Bonchev–Trinajstić information content (AvgIpc) is 2.39. The molecule has 100 valence electrons. The van der Waals surface area contributed by atoms with E-state index >= 15 is 0 Å². The summed E-state index contributed by atoms with van der Waals surface area (Å²) in [6, 6.07) is 6.72. The van der Waals surface area contributed by atoms with Gasteiger partial charge >= 0.3 is 0 Å². The van der Waals surface area contributed by atoms with Crippen molar-refractivity contribution < 1.29 is 13.2 Å². The Kier molecular flexibility index (Phi) is 4.42. The summed E-state index contributed by atoms with van der Waals surface area (Å²) in [6.45, 7) is 3.33. The Morgan fingerprint density at radius 1 is 1.39 bits per heavy atom. The lowest BCUT2D eigenvalue weighted by atomic mass is 10.2. The minimum Gasteiger partial charge on any atom is -0.375 e. The van der Waals surface area contributed by atoms with Crippen molar-refractivity contribution in [2.45, 2.75) is 24.3 Å². The van der Waals surface area contributed by atoms with Crippen molar-refractivity contribution in [3.05, 3.63) is 28.7 Å². The molecule has 0 spiro atoms. The SMILES string of the molecule is CC[C@@H]1CN(S(=O)(=O)c2ccc(Br)cc2)CCO1. The molecule has 1 aliphatic rings. The van der Waals surface area contributed by atoms with Crippen LogP contribution in [0.5, 0.6) is 0 Å². The molecule has 0 saturated carbocycles. The fourth-order valence-electron chi connectivity index (χ4n) is 1.91. The standard InChI is InChI=1S/C12H16BrNO3S/c1-2-11-9-14(7-8-17-11)18(15,16)12-5-3-10(13)4-6-12/h3-6,11H,2,7-9H2,1H3/t11-/m1/s1. The number of hydrogen-bond acceptors (Lipinski definition) is 3. The van der Waals surface area contributed by atoms with Gasteiger partial charge in [-0.3, -0.25) is 0 Å². The van der Waals surface area contributed by atoms with Gasteiger partial charge in [-0.2, -0.15) is 4.31 Å². The van der Waals surface area contributed by atoms with Crippen molar-refractivity contribution in [3.8, 4) is 0 Å². The molecule has 1 aliphatic heterocycles. The first-order valence-corrected chi connectivity index (χ1v) is 8.14. The normalized spacial score (nSPS) is 22.0. The lowest BCUT2D eigenvalue weighted by Gasteiger charge is -2.31. The van der Waals surface area contributed by atoms with Gasteiger partial charge in [0.05, 0.1) is 17.6 Å². The maximum Gasteiger partial charge on any atom is 0.243 e. The predicted molar refractivity (Wildman–Crippen MR) is 72.9 cm³/mol. The molecule has 6 heteroatoms. The lowest BCUT2D eigenvalue weighted by Crippen LogP contribution is -2.45. The zero-order chi connectivity index (χ0) is 13.2. The van der Waals surface area contributed by atoms with Gasteiger partial charge in [0, 0.05) is 17.6 Å². The van der Waals surface area contributed by atoms with Crippen LogP contribution in [0.1, 0.15) is 13.3 Å². The highest BCUT2D eigenvalue weighted by molar-refractivity contribution is 9.10. The molecule has 1 saturated heterocycles. The molecule has 4 nitrogen and oxygen atoms in total. The van der Waals surface area contributed by atoms with E-state index in [1.54, 1.807) is 24.3 Å². The van der Waals surface area contributed by atoms with Crippen molar-refractivity contribution >= 4 is 26.0 Å². The Morgan fingerprint density at radius 2 is 2.06 bits per heavy atom. The number of sulfonamides is 1. The van der Waals surface area contributed by atoms with E-state index < -0.39 is 10.0 Å². The van der Waals surface area contributed by atoms with Gasteiger partial charge in [-0.15, -0.1) is 0 Å². The maximum atomic E-state index is 12.4. The lowest BCUT2D eigenvalue weighted by molar-refractivity contribution is -0.00277. The van der Waals surface area contributed by atoms with Crippen LogP contribution in [0.3, 0.4) is 0 Å². The molecule has 0 aromatic heterocycles.